The lowest BCUT2D eigenvalue weighted by Gasteiger charge is -2.30. The molecular weight excluding hydrogens is 476 g/mol. The van der Waals surface area contributed by atoms with Crippen LogP contribution in [-0.2, 0) is 20.9 Å². The van der Waals surface area contributed by atoms with Crippen molar-refractivity contribution in [3.63, 3.8) is 0 Å². The van der Waals surface area contributed by atoms with Crippen LogP contribution in [0.15, 0.2) is 70.5 Å². The summed E-state index contributed by atoms with van der Waals surface area (Å²) in [5.74, 6) is -3.30. The van der Waals surface area contributed by atoms with Crippen LogP contribution < -0.4 is 15.9 Å². The van der Waals surface area contributed by atoms with Crippen molar-refractivity contribution in [2.75, 3.05) is 5.32 Å². The number of amides is 5. The number of imide groups is 3. The topological polar surface area (TPSA) is 132 Å². The van der Waals surface area contributed by atoms with E-state index in [9.17, 15) is 24.0 Å². The van der Waals surface area contributed by atoms with Crippen molar-refractivity contribution in [1.82, 2.24) is 9.47 Å². The summed E-state index contributed by atoms with van der Waals surface area (Å²) in [7, 11) is 0. The summed E-state index contributed by atoms with van der Waals surface area (Å²) in [5.41, 5.74) is 6.64. The molecule has 3 atom stereocenters. The molecule has 2 aliphatic rings. The van der Waals surface area contributed by atoms with Crippen molar-refractivity contribution in [3.8, 4) is 0 Å². The number of nitrogens with zero attached hydrogens (tertiary/aromatic N) is 2. The van der Waals surface area contributed by atoms with Gasteiger partial charge in [0, 0.05) is 16.5 Å². The van der Waals surface area contributed by atoms with E-state index in [0.717, 1.165) is 28.7 Å². The second-order valence-electron chi connectivity index (χ2n) is 7.84. The van der Waals surface area contributed by atoms with Gasteiger partial charge in [-0.2, -0.15) is 4.90 Å². The first-order valence-electron chi connectivity index (χ1n) is 10.3. The highest BCUT2D eigenvalue weighted by Gasteiger charge is 2.57. The standard InChI is InChI=1S/C23H18N4O5S2/c24-22(31)27-19(29)16-15(12-7-3-1-4-8-12)18-21(33-17(16)20(27)30)26(23(32)34-18)11-14(28)25-13-9-5-2-6-10-13/h1-10,15-17H,11H2,(H2,24,31)(H,25,28)/t15-,16+,17-/m0/s1. The number of urea groups is 1. The van der Waals surface area contributed by atoms with E-state index in [0.29, 0.717) is 20.5 Å². The Kier molecular flexibility index (Phi) is 5.58. The molecule has 0 bridgehead atoms. The van der Waals surface area contributed by atoms with E-state index in [-0.39, 0.29) is 11.4 Å². The summed E-state index contributed by atoms with van der Waals surface area (Å²) >= 11 is 1.97. The molecule has 3 N–H and O–H groups in total. The maximum Gasteiger partial charge on any atom is 0.328 e. The zero-order chi connectivity index (χ0) is 24.0. The number of hydrogen-bond acceptors (Lipinski definition) is 7. The molecule has 5 amide bonds. The second-order valence-corrected chi connectivity index (χ2v) is 9.96. The molecule has 9 nitrogen and oxygen atoms in total. The Morgan fingerprint density at radius 3 is 2.24 bits per heavy atom. The quantitative estimate of drug-likeness (QED) is 0.535. The van der Waals surface area contributed by atoms with E-state index in [4.69, 9.17) is 5.73 Å². The number of thioether (sulfide) groups is 1. The molecule has 3 heterocycles. The number of carbonyl (C=O) groups excluding carboxylic acids is 4. The van der Waals surface area contributed by atoms with Gasteiger partial charge in [-0.3, -0.25) is 23.7 Å². The Bertz CT molecular complexity index is 1370. The van der Waals surface area contributed by atoms with Crippen molar-refractivity contribution < 1.29 is 19.2 Å². The molecule has 3 aromatic rings. The largest absolute Gasteiger partial charge is 0.351 e. The maximum atomic E-state index is 13.1. The van der Waals surface area contributed by atoms with Gasteiger partial charge >= 0.3 is 10.9 Å². The number of thiazole rings is 1. The van der Waals surface area contributed by atoms with Gasteiger partial charge in [-0.25, -0.2) is 4.79 Å². The third-order valence-corrected chi connectivity index (χ3v) is 8.39. The Hall–Kier alpha value is -3.70. The number of aromatic nitrogens is 1. The fraction of sp³-hybridized carbons (Fsp3) is 0.174. The average molecular weight is 495 g/mol. The molecule has 34 heavy (non-hydrogen) atoms. The predicted molar refractivity (Wildman–Crippen MR) is 127 cm³/mol. The molecule has 0 saturated carbocycles. The fourth-order valence-corrected chi connectivity index (χ4v) is 7.13. The van der Waals surface area contributed by atoms with Crippen LogP contribution in [0.2, 0.25) is 0 Å². The van der Waals surface area contributed by atoms with Crippen LogP contribution in [0, 0.1) is 5.92 Å². The molecule has 11 heteroatoms. The van der Waals surface area contributed by atoms with Crippen LogP contribution >= 0.6 is 23.1 Å². The highest BCUT2D eigenvalue weighted by molar-refractivity contribution is 8.00. The molecule has 5 rings (SSSR count). The van der Waals surface area contributed by atoms with E-state index in [1.807, 2.05) is 24.3 Å². The van der Waals surface area contributed by atoms with Gasteiger partial charge in [0.05, 0.1) is 10.9 Å². The van der Waals surface area contributed by atoms with E-state index < -0.39 is 40.8 Å². The maximum absolute atomic E-state index is 13.1. The number of benzene rings is 2. The highest BCUT2D eigenvalue weighted by atomic mass is 32.2. The number of rotatable bonds is 4. The first-order chi connectivity index (χ1) is 16.4. The van der Waals surface area contributed by atoms with Crippen molar-refractivity contribution in [1.29, 1.82) is 0 Å². The SMILES string of the molecule is NC(=O)N1C(=O)[C@@H]2[C@H](c3ccccc3)c3sc(=O)n(CC(=O)Nc4ccccc4)c3S[C@@H]2C1=O. The van der Waals surface area contributed by atoms with E-state index in [2.05, 4.69) is 5.32 Å². The van der Waals surface area contributed by atoms with E-state index in [1.165, 1.54) is 4.57 Å². The van der Waals surface area contributed by atoms with Crippen LogP contribution in [0.4, 0.5) is 10.5 Å². The highest BCUT2D eigenvalue weighted by Crippen LogP contribution is 2.53. The third-order valence-electron chi connectivity index (χ3n) is 5.79. The zero-order valence-electron chi connectivity index (χ0n) is 17.5. The normalized spacial score (nSPS) is 21.2. The van der Waals surface area contributed by atoms with Crippen molar-refractivity contribution in [2.24, 2.45) is 11.7 Å². The molecule has 2 aromatic carbocycles. The first-order valence-corrected chi connectivity index (χ1v) is 12.0. The number of para-hydroxylation sites is 1. The molecule has 0 aliphatic carbocycles. The Morgan fingerprint density at radius 1 is 0.941 bits per heavy atom. The lowest BCUT2D eigenvalue weighted by atomic mass is 9.83. The van der Waals surface area contributed by atoms with E-state index >= 15 is 0 Å². The van der Waals surface area contributed by atoms with E-state index in [1.54, 1.807) is 36.4 Å². The summed E-state index contributed by atoms with van der Waals surface area (Å²) in [6, 6.07) is 16.7. The number of fused-ring (bicyclic) bond motifs is 2. The Balaban J connectivity index is 1.57. The van der Waals surface area contributed by atoms with Gasteiger partial charge in [-0.1, -0.05) is 71.6 Å². The molecule has 1 saturated heterocycles. The minimum atomic E-state index is -1.13. The van der Waals surface area contributed by atoms with Gasteiger partial charge in [0.1, 0.15) is 11.8 Å². The predicted octanol–water partition coefficient (Wildman–Crippen LogP) is 2.22. The van der Waals surface area contributed by atoms with Gasteiger partial charge in [-0.05, 0) is 17.7 Å². The van der Waals surface area contributed by atoms with Gasteiger partial charge in [0.25, 0.3) is 5.91 Å². The van der Waals surface area contributed by atoms with Gasteiger partial charge in [-0.15, -0.1) is 0 Å². The lowest BCUT2D eigenvalue weighted by Crippen LogP contribution is -2.41. The van der Waals surface area contributed by atoms with Crippen molar-refractivity contribution in [2.45, 2.75) is 22.7 Å². The van der Waals surface area contributed by atoms with Gasteiger partial charge < -0.3 is 11.1 Å². The number of carbonyl (C=O) groups is 4. The monoisotopic (exact) mass is 494 g/mol. The minimum absolute atomic E-state index is 0.257. The zero-order valence-corrected chi connectivity index (χ0v) is 19.2. The summed E-state index contributed by atoms with van der Waals surface area (Å²) in [4.78, 5) is 64.3. The smallest absolute Gasteiger partial charge is 0.328 e. The molecule has 2 aliphatic heterocycles. The van der Waals surface area contributed by atoms with Crippen molar-refractivity contribution >= 4 is 52.5 Å². The summed E-state index contributed by atoms with van der Waals surface area (Å²) in [6.45, 7) is -0.257. The minimum Gasteiger partial charge on any atom is -0.351 e. The van der Waals surface area contributed by atoms with Crippen LogP contribution in [0.3, 0.4) is 0 Å². The third kappa shape index (κ3) is 3.62. The van der Waals surface area contributed by atoms with Crippen LogP contribution in [-0.4, -0.2) is 38.5 Å². The van der Waals surface area contributed by atoms with Crippen LogP contribution in [0.1, 0.15) is 16.4 Å². The summed E-state index contributed by atoms with van der Waals surface area (Å²) < 4.78 is 1.32. The number of primary amides is 1. The van der Waals surface area contributed by atoms with Gasteiger partial charge in [0.15, 0.2) is 0 Å². The number of nitrogens with one attached hydrogen (secondary N) is 1. The van der Waals surface area contributed by atoms with Crippen LogP contribution in [0.25, 0.3) is 0 Å². The molecule has 0 spiro atoms. The number of nitrogens with two attached hydrogens (primary N) is 1. The average Bonchev–Trinajstić information content (AvgIpc) is 3.26. The number of anilines is 1. The fourth-order valence-electron chi connectivity index (χ4n) is 4.36. The van der Waals surface area contributed by atoms with Crippen LogP contribution in [0.5, 0.6) is 0 Å². The lowest BCUT2D eigenvalue weighted by molar-refractivity contribution is -0.135. The first kappa shape index (κ1) is 22.1. The summed E-state index contributed by atoms with van der Waals surface area (Å²) in [6.07, 6.45) is 0. The Morgan fingerprint density at radius 2 is 1.59 bits per heavy atom. The molecule has 0 unspecified atom stereocenters. The molecular formula is C23H18N4O5S2. The van der Waals surface area contributed by atoms with Crippen molar-refractivity contribution in [3.05, 3.63) is 80.8 Å². The number of likely N-dealkylation sites (tertiary alicyclic amines) is 1. The second kappa shape index (κ2) is 8.58. The number of hydrogen-bond donors (Lipinski definition) is 2. The van der Waals surface area contributed by atoms with Gasteiger partial charge in [0.2, 0.25) is 11.8 Å². The molecule has 1 aromatic heterocycles. The Labute approximate surface area is 201 Å². The molecule has 1 fully saturated rings. The summed E-state index contributed by atoms with van der Waals surface area (Å²) in [5, 5.41) is 2.26. The molecule has 172 valence electrons. The molecule has 0 radical (unpaired) electrons.